The van der Waals surface area contributed by atoms with Gasteiger partial charge in [-0.1, -0.05) is 0 Å². The van der Waals surface area contributed by atoms with Gasteiger partial charge in [-0.2, -0.15) is 13.2 Å². The van der Waals surface area contributed by atoms with Crippen LogP contribution < -0.4 is 11.1 Å². The van der Waals surface area contributed by atoms with Crippen LogP contribution in [0.2, 0.25) is 0 Å². The Hall–Kier alpha value is -2.25. The van der Waals surface area contributed by atoms with Crippen LogP contribution >= 0.6 is 0 Å². The summed E-state index contributed by atoms with van der Waals surface area (Å²) in [6.07, 6.45) is -4.76. The minimum Gasteiger partial charge on any atom is -0.464 e. The molecule has 1 atom stereocenters. The van der Waals surface area contributed by atoms with E-state index in [9.17, 15) is 22.8 Å². The summed E-state index contributed by atoms with van der Waals surface area (Å²) in [4.78, 5) is 22.6. The third-order valence-electron chi connectivity index (χ3n) is 2.53. The van der Waals surface area contributed by atoms with Gasteiger partial charge in [0.1, 0.15) is 6.04 Å². The summed E-state index contributed by atoms with van der Waals surface area (Å²) >= 11 is 0. The number of ether oxygens (including phenoxy) is 1. The second-order valence-corrected chi connectivity index (χ2v) is 4.19. The minimum atomic E-state index is -4.44. The second-order valence-electron chi connectivity index (χ2n) is 4.19. The van der Waals surface area contributed by atoms with Crippen molar-refractivity contribution in [2.45, 2.75) is 25.6 Å². The number of primary amides is 1. The summed E-state index contributed by atoms with van der Waals surface area (Å²) in [6.45, 7) is 1.71. The van der Waals surface area contributed by atoms with Crippen molar-refractivity contribution in [3.05, 3.63) is 29.8 Å². The van der Waals surface area contributed by atoms with Crippen molar-refractivity contribution in [3.63, 3.8) is 0 Å². The lowest BCUT2D eigenvalue weighted by Crippen LogP contribution is -2.35. The maximum atomic E-state index is 12.4. The number of hydrogen-bond donors (Lipinski definition) is 2. The molecule has 21 heavy (non-hydrogen) atoms. The number of hydrogen-bond acceptors (Lipinski definition) is 4. The number of benzene rings is 1. The predicted octanol–water partition coefficient (Wildman–Crippen LogP) is 1.92. The Morgan fingerprint density at radius 3 is 2.29 bits per heavy atom. The maximum Gasteiger partial charge on any atom is 0.416 e. The first-order chi connectivity index (χ1) is 9.74. The molecule has 0 fully saturated rings. The fourth-order valence-electron chi connectivity index (χ4n) is 1.59. The van der Waals surface area contributed by atoms with E-state index >= 15 is 0 Å². The van der Waals surface area contributed by atoms with Gasteiger partial charge in [-0.3, -0.25) is 4.79 Å². The highest BCUT2D eigenvalue weighted by Crippen LogP contribution is 2.29. The maximum absolute atomic E-state index is 12.4. The lowest BCUT2D eigenvalue weighted by atomic mass is 10.1. The van der Waals surface area contributed by atoms with Crippen LogP contribution in [0.15, 0.2) is 24.3 Å². The van der Waals surface area contributed by atoms with Crippen LogP contribution in [0, 0.1) is 0 Å². The van der Waals surface area contributed by atoms with Crippen LogP contribution in [-0.4, -0.2) is 24.5 Å². The summed E-state index contributed by atoms with van der Waals surface area (Å²) in [7, 11) is 0. The average Bonchev–Trinajstić information content (AvgIpc) is 2.37. The van der Waals surface area contributed by atoms with E-state index < -0.39 is 29.7 Å². The van der Waals surface area contributed by atoms with Crippen molar-refractivity contribution in [1.82, 2.24) is 0 Å². The first kappa shape index (κ1) is 16.8. The Labute approximate surface area is 119 Å². The van der Waals surface area contributed by atoms with E-state index in [1.165, 1.54) is 0 Å². The zero-order valence-electron chi connectivity index (χ0n) is 11.2. The Morgan fingerprint density at radius 2 is 1.86 bits per heavy atom. The molecule has 0 aromatic heterocycles. The number of anilines is 1. The van der Waals surface area contributed by atoms with Crippen molar-refractivity contribution in [3.8, 4) is 0 Å². The van der Waals surface area contributed by atoms with E-state index in [2.05, 4.69) is 5.32 Å². The molecule has 3 N–H and O–H groups in total. The van der Waals surface area contributed by atoms with Crippen LogP contribution in [0.4, 0.5) is 18.9 Å². The molecule has 0 spiro atoms. The highest BCUT2D eigenvalue weighted by Gasteiger charge is 2.30. The van der Waals surface area contributed by atoms with E-state index in [1.807, 2.05) is 0 Å². The molecule has 1 unspecified atom stereocenters. The van der Waals surface area contributed by atoms with Crippen molar-refractivity contribution in [2.24, 2.45) is 5.73 Å². The third kappa shape index (κ3) is 5.33. The standard InChI is InChI=1S/C13H15F3N2O3/c1-2-21-12(20)10(7-11(17)19)18-9-5-3-8(4-6-9)13(14,15)16/h3-6,10,18H,2,7H2,1H3,(H2,17,19). The number of halogens is 3. The minimum absolute atomic E-state index is 0.114. The summed E-state index contributed by atoms with van der Waals surface area (Å²) < 4.78 is 42.0. The third-order valence-corrected chi connectivity index (χ3v) is 2.53. The zero-order valence-corrected chi connectivity index (χ0v) is 11.2. The van der Waals surface area contributed by atoms with E-state index in [4.69, 9.17) is 10.5 Å². The van der Waals surface area contributed by atoms with Crippen LogP contribution in [0.5, 0.6) is 0 Å². The average molecular weight is 304 g/mol. The smallest absolute Gasteiger partial charge is 0.416 e. The first-order valence-corrected chi connectivity index (χ1v) is 6.12. The fraction of sp³-hybridized carbons (Fsp3) is 0.385. The van der Waals surface area contributed by atoms with Gasteiger partial charge < -0.3 is 15.8 Å². The SMILES string of the molecule is CCOC(=O)C(CC(N)=O)Nc1ccc(C(F)(F)F)cc1. The van der Waals surface area contributed by atoms with Gasteiger partial charge in [-0.25, -0.2) is 4.79 Å². The number of amides is 1. The number of esters is 1. The molecule has 0 bridgehead atoms. The molecule has 5 nitrogen and oxygen atoms in total. The monoisotopic (exact) mass is 304 g/mol. The van der Waals surface area contributed by atoms with Crippen molar-refractivity contribution in [2.75, 3.05) is 11.9 Å². The van der Waals surface area contributed by atoms with Gasteiger partial charge in [0.25, 0.3) is 0 Å². The zero-order chi connectivity index (χ0) is 16.0. The van der Waals surface area contributed by atoms with Gasteiger partial charge in [-0.15, -0.1) is 0 Å². The van der Waals surface area contributed by atoms with Gasteiger partial charge in [0, 0.05) is 5.69 Å². The number of alkyl halides is 3. The van der Waals surface area contributed by atoms with E-state index in [0.29, 0.717) is 0 Å². The van der Waals surface area contributed by atoms with Gasteiger partial charge >= 0.3 is 12.1 Å². The quantitative estimate of drug-likeness (QED) is 0.787. The Balaban J connectivity index is 2.83. The molecule has 0 saturated carbocycles. The highest BCUT2D eigenvalue weighted by molar-refractivity contribution is 5.86. The van der Waals surface area contributed by atoms with E-state index in [1.54, 1.807) is 6.92 Å². The molecule has 1 rings (SSSR count). The highest BCUT2D eigenvalue weighted by atomic mass is 19.4. The second kappa shape index (κ2) is 6.96. The Morgan fingerprint density at radius 1 is 1.29 bits per heavy atom. The molecule has 1 amide bonds. The first-order valence-electron chi connectivity index (χ1n) is 6.12. The molecule has 116 valence electrons. The number of nitrogens with two attached hydrogens (primary N) is 1. The van der Waals surface area contributed by atoms with E-state index in [0.717, 1.165) is 24.3 Å². The number of nitrogens with one attached hydrogen (secondary N) is 1. The number of carbonyl (C=O) groups excluding carboxylic acids is 2. The van der Waals surface area contributed by atoms with Crippen LogP contribution in [-0.2, 0) is 20.5 Å². The number of carbonyl (C=O) groups is 2. The fourth-order valence-corrected chi connectivity index (χ4v) is 1.59. The van der Waals surface area contributed by atoms with Crippen molar-refractivity contribution >= 4 is 17.6 Å². The van der Waals surface area contributed by atoms with Gasteiger partial charge in [0.05, 0.1) is 18.6 Å². The molecular formula is C13H15F3N2O3. The Bertz CT molecular complexity index is 500. The van der Waals surface area contributed by atoms with Gasteiger partial charge in [-0.05, 0) is 31.2 Å². The van der Waals surface area contributed by atoms with Crippen molar-refractivity contribution < 1.29 is 27.5 Å². The topological polar surface area (TPSA) is 81.4 Å². The van der Waals surface area contributed by atoms with Crippen LogP contribution in [0.25, 0.3) is 0 Å². The summed E-state index contributed by atoms with van der Waals surface area (Å²) in [5.41, 5.74) is 4.47. The van der Waals surface area contributed by atoms with Crippen LogP contribution in [0.3, 0.4) is 0 Å². The molecule has 0 aliphatic carbocycles. The molecule has 8 heteroatoms. The van der Waals surface area contributed by atoms with Crippen molar-refractivity contribution in [1.29, 1.82) is 0 Å². The summed E-state index contributed by atoms with van der Waals surface area (Å²) in [5.74, 6) is -1.43. The predicted molar refractivity (Wildman–Crippen MR) is 69.3 cm³/mol. The van der Waals surface area contributed by atoms with Crippen LogP contribution in [0.1, 0.15) is 18.9 Å². The normalized spacial score (nSPS) is 12.6. The summed E-state index contributed by atoms with van der Waals surface area (Å²) in [5, 5.41) is 2.63. The molecular weight excluding hydrogens is 289 g/mol. The van der Waals surface area contributed by atoms with Gasteiger partial charge in [0.15, 0.2) is 0 Å². The molecule has 0 radical (unpaired) electrons. The molecule has 1 aromatic carbocycles. The molecule has 0 heterocycles. The largest absolute Gasteiger partial charge is 0.464 e. The molecule has 0 saturated heterocycles. The molecule has 0 aliphatic rings. The lowest BCUT2D eigenvalue weighted by molar-refractivity contribution is -0.145. The Kier molecular flexibility index (Phi) is 5.57. The number of rotatable bonds is 6. The molecule has 1 aromatic rings. The summed E-state index contributed by atoms with van der Waals surface area (Å²) in [6, 6.07) is 3.02. The van der Waals surface area contributed by atoms with E-state index in [-0.39, 0.29) is 18.7 Å². The van der Waals surface area contributed by atoms with Gasteiger partial charge in [0.2, 0.25) is 5.91 Å². The lowest BCUT2D eigenvalue weighted by Gasteiger charge is -2.17. The molecule has 0 aliphatic heterocycles.